The third kappa shape index (κ3) is 5.81. The highest BCUT2D eigenvalue weighted by Crippen LogP contribution is 2.28. The van der Waals surface area contributed by atoms with E-state index in [4.69, 9.17) is 11.6 Å². The number of benzene rings is 2. The Balaban J connectivity index is 1.74. The molecule has 0 bridgehead atoms. The van der Waals surface area contributed by atoms with E-state index in [-0.39, 0.29) is 11.1 Å². The number of carbonyl (C=O) groups is 2. The molecule has 2 aromatic carbocycles. The highest BCUT2D eigenvalue weighted by Gasteiger charge is 2.13. The lowest BCUT2D eigenvalue weighted by Gasteiger charge is -2.12. The molecule has 3 aromatic rings. The van der Waals surface area contributed by atoms with Crippen LogP contribution in [0.15, 0.2) is 59.5 Å². The molecule has 0 saturated carbocycles. The summed E-state index contributed by atoms with van der Waals surface area (Å²) in [5.74, 6) is -0.284. The van der Waals surface area contributed by atoms with Crippen molar-refractivity contribution < 1.29 is 9.59 Å². The van der Waals surface area contributed by atoms with E-state index < -0.39 is 0 Å². The van der Waals surface area contributed by atoms with Crippen LogP contribution in [0.1, 0.15) is 22.5 Å². The molecule has 0 saturated heterocycles. The average Bonchev–Trinajstić information content (AvgIpc) is 3.02. The van der Waals surface area contributed by atoms with Crippen molar-refractivity contribution >= 4 is 46.3 Å². The van der Waals surface area contributed by atoms with Gasteiger partial charge in [-0.3, -0.25) is 14.3 Å². The standard InChI is InChI=1S/C24H25ClN4O2S/c1-16-19(17(2)29(27-16)15-18-9-5-6-10-20(18)25)13-14-23(30)26-21-11-7-8-12-22(21)32-24(31)28(3)4/h5-14H,15H2,1-4H3,(H,26,30)/b14-13+. The smallest absolute Gasteiger partial charge is 0.286 e. The first-order chi connectivity index (χ1) is 15.3. The molecule has 3 rings (SSSR count). The van der Waals surface area contributed by atoms with Crippen LogP contribution in [0.2, 0.25) is 5.02 Å². The molecule has 32 heavy (non-hydrogen) atoms. The van der Waals surface area contributed by atoms with Crippen molar-refractivity contribution in [1.29, 1.82) is 0 Å². The summed E-state index contributed by atoms with van der Waals surface area (Å²) in [5.41, 5.74) is 4.22. The number of hydrogen-bond acceptors (Lipinski definition) is 4. The van der Waals surface area contributed by atoms with Gasteiger partial charge in [-0.05, 0) is 55.4 Å². The minimum atomic E-state index is -0.284. The lowest BCUT2D eigenvalue weighted by Crippen LogP contribution is -2.16. The zero-order chi connectivity index (χ0) is 23.3. The van der Waals surface area contributed by atoms with E-state index in [1.54, 1.807) is 32.3 Å². The van der Waals surface area contributed by atoms with E-state index in [0.29, 0.717) is 22.2 Å². The number of anilines is 1. The zero-order valence-electron chi connectivity index (χ0n) is 18.4. The molecule has 8 heteroatoms. The van der Waals surface area contributed by atoms with Gasteiger partial charge in [0.2, 0.25) is 5.91 Å². The monoisotopic (exact) mass is 468 g/mol. The maximum Gasteiger partial charge on any atom is 0.286 e. The van der Waals surface area contributed by atoms with Gasteiger partial charge in [0.05, 0.1) is 17.9 Å². The molecule has 1 aromatic heterocycles. The molecule has 0 atom stereocenters. The van der Waals surface area contributed by atoms with E-state index in [9.17, 15) is 9.59 Å². The normalized spacial score (nSPS) is 11.0. The Kier molecular flexibility index (Phi) is 7.77. The molecule has 1 heterocycles. The van der Waals surface area contributed by atoms with Crippen LogP contribution in [-0.2, 0) is 11.3 Å². The van der Waals surface area contributed by atoms with Crippen LogP contribution in [-0.4, -0.2) is 39.9 Å². The third-order valence-corrected chi connectivity index (χ3v) is 6.31. The number of carbonyl (C=O) groups excluding carboxylic acids is 2. The Labute approximate surface area is 197 Å². The topological polar surface area (TPSA) is 67.2 Å². The summed E-state index contributed by atoms with van der Waals surface area (Å²) >= 11 is 7.35. The fourth-order valence-electron chi connectivity index (χ4n) is 3.07. The van der Waals surface area contributed by atoms with Gasteiger partial charge < -0.3 is 10.2 Å². The SMILES string of the molecule is Cc1nn(Cc2ccccc2Cl)c(C)c1/C=C/C(=O)Nc1ccccc1SC(=O)N(C)C. The van der Waals surface area contributed by atoms with Gasteiger partial charge in [0.25, 0.3) is 5.24 Å². The van der Waals surface area contributed by atoms with Crippen molar-refractivity contribution in [3.05, 3.63) is 82.1 Å². The summed E-state index contributed by atoms with van der Waals surface area (Å²) in [7, 11) is 3.38. The van der Waals surface area contributed by atoms with Gasteiger partial charge in [0, 0.05) is 41.3 Å². The lowest BCUT2D eigenvalue weighted by atomic mass is 10.1. The molecular weight excluding hydrogens is 444 g/mol. The summed E-state index contributed by atoms with van der Waals surface area (Å²) < 4.78 is 1.88. The molecular formula is C24H25ClN4O2S. The largest absolute Gasteiger partial charge is 0.339 e. The van der Waals surface area contributed by atoms with E-state index in [0.717, 1.165) is 34.3 Å². The fourth-order valence-corrected chi connectivity index (χ4v) is 4.01. The maximum absolute atomic E-state index is 12.6. The molecule has 6 nitrogen and oxygen atoms in total. The molecule has 0 radical (unpaired) electrons. The highest BCUT2D eigenvalue weighted by molar-refractivity contribution is 8.13. The van der Waals surface area contributed by atoms with Gasteiger partial charge in [0.1, 0.15) is 0 Å². The van der Waals surface area contributed by atoms with Crippen molar-refractivity contribution in [1.82, 2.24) is 14.7 Å². The first-order valence-electron chi connectivity index (χ1n) is 10.0. The van der Waals surface area contributed by atoms with Crippen LogP contribution in [0.4, 0.5) is 10.5 Å². The maximum atomic E-state index is 12.6. The number of amides is 2. The minimum Gasteiger partial charge on any atom is -0.339 e. The summed E-state index contributed by atoms with van der Waals surface area (Å²) in [4.78, 5) is 26.8. The molecule has 0 spiro atoms. The van der Waals surface area contributed by atoms with Gasteiger partial charge in [-0.15, -0.1) is 0 Å². The van der Waals surface area contributed by atoms with Crippen molar-refractivity contribution in [2.75, 3.05) is 19.4 Å². The van der Waals surface area contributed by atoms with E-state index in [1.807, 2.05) is 54.9 Å². The van der Waals surface area contributed by atoms with E-state index in [2.05, 4.69) is 10.4 Å². The second kappa shape index (κ2) is 10.5. The molecule has 2 amide bonds. The predicted octanol–water partition coefficient (Wildman–Crippen LogP) is 5.63. The van der Waals surface area contributed by atoms with Crippen LogP contribution in [0.3, 0.4) is 0 Å². The molecule has 0 aliphatic heterocycles. The van der Waals surface area contributed by atoms with Crippen molar-refractivity contribution in [2.24, 2.45) is 0 Å². The van der Waals surface area contributed by atoms with Gasteiger partial charge in [-0.1, -0.05) is 41.9 Å². The molecule has 1 N–H and O–H groups in total. The van der Waals surface area contributed by atoms with Crippen molar-refractivity contribution in [3.63, 3.8) is 0 Å². The van der Waals surface area contributed by atoms with Gasteiger partial charge in [0.15, 0.2) is 0 Å². The van der Waals surface area contributed by atoms with Crippen molar-refractivity contribution in [2.45, 2.75) is 25.3 Å². The number of aryl methyl sites for hydroxylation is 1. The highest BCUT2D eigenvalue weighted by atomic mass is 35.5. The number of halogens is 1. The number of nitrogens with zero attached hydrogens (tertiary/aromatic N) is 3. The summed E-state index contributed by atoms with van der Waals surface area (Å²) in [6.45, 7) is 4.43. The number of para-hydroxylation sites is 1. The molecule has 0 fully saturated rings. The second-order valence-corrected chi connectivity index (χ2v) is 8.82. The Bertz CT molecular complexity index is 1170. The van der Waals surface area contributed by atoms with Crippen LogP contribution in [0, 0.1) is 13.8 Å². The predicted molar refractivity (Wildman–Crippen MR) is 131 cm³/mol. The minimum absolute atomic E-state index is 0.112. The Morgan fingerprint density at radius 2 is 1.81 bits per heavy atom. The molecule has 0 aliphatic rings. The summed E-state index contributed by atoms with van der Waals surface area (Å²) in [6, 6.07) is 14.9. The van der Waals surface area contributed by atoms with Crippen LogP contribution < -0.4 is 5.32 Å². The second-order valence-electron chi connectivity index (χ2n) is 7.41. The number of rotatable bonds is 6. The Hall–Kier alpha value is -3.03. The van der Waals surface area contributed by atoms with Crippen LogP contribution in [0.5, 0.6) is 0 Å². The number of thioether (sulfide) groups is 1. The van der Waals surface area contributed by atoms with Crippen LogP contribution >= 0.6 is 23.4 Å². The lowest BCUT2D eigenvalue weighted by molar-refractivity contribution is -0.111. The van der Waals surface area contributed by atoms with E-state index in [1.165, 1.54) is 11.0 Å². The Morgan fingerprint density at radius 1 is 1.12 bits per heavy atom. The Morgan fingerprint density at radius 3 is 2.53 bits per heavy atom. The molecule has 166 valence electrons. The van der Waals surface area contributed by atoms with Gasteiger partial charge >= 0.3 is 0 Å². The summed E-state index contributed by atoms with van der Waals surface area (Å²) in [6.07, 6.45) is 3.24. The third-order valence-electron chi connectivity index (χ3n) is 4.82. The summed E-state index contributed by atoms with van der Waals surface area (Å²) in [5, 5.41) is 8.04. The van der Waals surface area contributed by atoms with Gasteiger partial charge in [-0.2, -0.15) is 5.10 Å². The van der Waals surface area contributed by atoms with E-state index >= 15 is 0 Å². The molecule has 0 unspecified atom stereocenters. The fraction of sp³-hybridized carbons (Fsp3) is 0.208. The number of hydrogen-bond donors (Lipinski definition) is 1. The molecule has 0 aliphatic carbocycles. The number of aromatic nitrogens is 2. The quantitative estimate of drug-likeness (QED) is 0.376. The van der Waals surface area contributed by atoms with Crippen molar-refractivity contribution in [3.8, 4) is 0 Å². The zero-order valence-corrected chi connectivity index (χ0v) is 20.0. The van der Waals surface area contributed by atoms with Crippen LogP contribution in [0.25, 0.3) is 6.08 Å². The average molecular weight is 469 g/mol. The first kappa shape index (κ1) is 23.6. The number of nitrogens with one attached hydrogen (secondary N) is 1. The first-order valence-corrected chi connectivity index (χ1v) is 11.2. The van der Waals surface area contributed by atoms with Gasteiger partial charge in [-0.25, -0.2) is 0 Å².